The first kappa shape index (κ1) is 15.9. The van der Waals surface area contributed by atoms with Gasteiger partial charge in [-0.25, -0.2) is 0 Å². The molecule has 1 atom stereocenters. The molecule has 22 heavy (non-hydrogen) atoms. The molecule has 0 aliphatic carbocycles. The maximum atomic E-state index is 10.1. The smallest absolute Gasteiger partial charge is 0.0775 e. The highest BCUT2D eigenvalue weighted by molar-refractivity contribution is 5.68. The van der Waals surface area contributed by atoms with Gasteiger partial charge in [0.25, 0.3) is 0 Å². The fourth-order valence-electron chi connectivity index (χ4n) is 2.46. The molecule has 0 aliphatic rings. The summed E-state index contributed by atoms with van der Waals surface area (Å²) < 4.78 is 0. The third-order valence-corrected chi connectivity index (χ3v) is 3.56. The summed E-state index contributed by atoms with van der Waals surface area (Å²) in [6.45, 7) is 4.51. The standard InChI is InChI=1S/C17H20N4O/c1-13-7-3-5-9-16(13)21(12-15(22)11-19-20-18)17-10-6-4-8-14(17)2/h3-10,15,22H,11-12H2,1-2H3/t15-/m0/s1. The third kappa shape index (κ3) is 3.79. The predicted octanol–water partition coefficient (Wildman–Crippen LogP) is 4.11. The van der Waals surface area contributed by atoms with E-state index in [0.717, 1.165) is 22.5 Å². The Morgan fingerprint density at radius 1 is 1.05 bits per heavy atom. The zero-order valence-corrected chi connectivity index (χ0v) is 12.8. The van der Waals surface area contributed by atoms with Gasteiger partial charge in [-0.2, -0.15) is 0 Å². The molecule has 0 amide bonds. The predicted molar refractivity (Wildman–Crippen MR) is 89.4 cm³/mol. The van der Waals surface area contributed by atoms with E-state index in [9.17, 15) is 5.11 Å². The number of hydrogen-bond donors (Lipinski definition) is 1. The van der Waals surface area contributed by atoms with Gasteiger partial charge in [-0.1, -0.05) is 41.5 Å². The Labute approximate surface area is 130 Å². The van der Waals surface area contributed by atoms with Crippen molar-refractivity contribution >= 4 is 11.4 Å². The van der Waals surface area contributed by atoms with Gasteiger partial charge in [0, 0.05) is 22.8 Å². The van der Waals surface area contributed by atoms with Gasteiger partial charge in [0.05, 0.1) is 12.6 Å². The summed E-state index contributed by atoms with van der Waals surface area (Å²) in [5.41, 5.74) is 12.7. The summed E-state index contributed by atoms with van der Waals surface area (Å²) >= 11 is 0. The molecule has 0 saturated carbocycles. The van der Waals surface area contributed by atoms with E-state index in [1.54, 1.807) is 0 Å². The molecule has 0 heterocycles. The van der Waals surface area contributed by atoms with Crippen molar-refractivity contribution in [1.82, 2.24) is 0 Å². The molecule has 0 radical (unpaired) electrons. The summed E-state index contributed by atoms with van der Waals surface area (Å²) in [4.78, 5) is 4.78. The van der Waals surface area contributed by atoms with Crippen LogP contribution in [0, 0.1) is 13.8 Å². The van der Waals surface area contributed by atoms with Crippen molar-refractivity contribution in [2.45, 2.75) is 20.0 Å². The van der Waals surface area contributed by atoms with Crippen LogP contribution >= 0.6 is 0 Å². The highest BCUT2D eigenvalue weighted by Crippen LogP contribution is 2.30. The van der Waals surface area contributed by atoms with Crippen molar-refractivity contribution < 1.29 is 5.11 Å². The van der Waals surface area contributed by atoms with Crippen molar-refractivity contribution in [1.29, 1.82) is 0 Å². The second kappa shape index (κ2) is 7.50. The van der Waals surface area contributed by atoms with Gasteiger partial charge in [-0.05, 0) is 42.6 Å². The first-order valence-corrected chi connectivity index (χ1v) is 7.21. The number of aliphatic hydroxyl groups is 1. The van der Waals surface area contributed by atoms with E-state index >= 15 is 0 Å². The number of nitrogens with zero attached hydrogens (tertiary/aromatic N) is 4. The van der Waals surface area contributed by atoms with E-state index in [1.807, 2.05) is 62.4 Å². The average molecular weight is 296 g/mol. The van der Waals surface area contributed by atoms with Gasteiger partial charge in [0.1, 0.15) is 0 Å². The van der Waals surface area contributed by atoms with Crippen LogP contribution in [-0.4, -0.2) is 24.3 Å². The molecule has 0 spiro atoms. The summed E-state index contributed by atoms with van der Waals surface area (Å²) in [6.07, 6.45) is -0.727. The Balaban J connectivity index is 2.39. The molecule has 0 unspecified atom stereocenters. The lowest BCUT2D eigenvalue weighted by Crippen LogP contribution is -2.31. The van der Waals surface area contributed by atoms with Crippen LogP contribution in [0.3, 0.4) is 0 Å². The van der Waals surface area contributed by atoms with E-state index < -0.39 is 6.10 Å². The van der Waals surface area contributed by atoms with Gasteiger partial charge in [-0.15, -0.1) is 0 Å². The van der Waals surface area contributed by atoms with E-state index in [4.69, 9.17) is 5.53 Å². The largest absolute Gasteiger partial charge is 0.391 e. The van der Waals surface area contributed by atoms with Crippen molar-refractivity contribution in [3.05, 3.63) is 70.1 Å². The Bertz CT molecular complexity index is 634. The molecule has 0 bridgehead atoms. The molecule has 5 heteroatoms. The minimum Gasteiger partial charge on any atom is -0.391 e. The fourth-order valence-corrected chi connectivity index (χ4v) is 2.46. The molecule has 114 valence electrons. The highest BCUT2D eigenvalue weighted by atomic mass is 16.3. The molecular weight excluding hydrogens is 276 g/mol. The number of hydrogen-bond acceptors (Lipinski definition) is 3. The van der Waals surface area contributed by atoms with E-state index in [-0.39, 0.29) is 6.54 Å². The van der Waals surface area contributed by atoms with Crippen molar-refractivity contribution in [3.63, 3.8) is 0 Å². The van der Waals surface area contributed by atoms with Crippen LogP contribution in [0.5, 0.6) is 0 Å². The topological polar surface area (TPSA) is 72.2 Å². The van der Waals surface area contributed by atoms with Crippen LogP contribution in [0.4, 0.5) is 11.4 Å². The minimum atomic E-state index is -0.727. The molecule has 1 N–H and O–H groups in total. The van der Waals surface area contributed by atoms with Crippen LogP contribution in [0.15, 0.2) is 53.6 Å². The lowest BCUT2D eigenvalue weighted by molar-refractivity contribution is 0.191. The maximum Gasteiger partial charge on any atom is 0.0775 e. The number of aliphatic hydroxyl groups excluding tert-OH is 1. The van der Waals surface area contributed by atoms with Crippen LogP contribution in [0.1, 0.15) is 11.1 Å². The lowest BCUT2D eigenvalue weighted by atomic mass is 10.1. The normalized spacial score (nSPS) is 11.6. The SMILES string of the molecule is Cc1ccccc1N(C[C@@H](O)CN=[N+]=[N-])c1ccccc1C. The highest BCUT2D eigenvalue weighted by Gasteiger charge is 2.17. The average Bonchev–Trinajstić information content (AvgIpc) is 2.52. The summed E-state index contributed by atoms with van der Waals surface area (Å²) in [7, 11) is 0. The molecule has 2 aromatic carbocycles. The number of aryl methyl sites for hydroxylation is 2. The van der Waals surface area contributed by atoms with Gasteiger partial charge in [-0.3, -0.25) is 0 Å². The van der Waals surface area contributed by atoms with Crippen LogP contribution in [0.25, 0.3) is 10.4 Å². The van der Waals surface area contributed by atoms with Gasteiger partial charge in [0.2, 0.25) is 0 Å². The Hall–Kier alpha value is -2.49. The van der Waals surface area contributed by atoms with Crippen molar-refractivity contribution in [2.75, 3.05) is 18.0 Å². The minimum absolute atomic E-state index is 0.0603. The number of anilines is 2. The lowest BCUT2D eigenvalue weighted by Gasteiger charge is -2.29. The van der Waals surface area contributed by atoms with Crippen molar-refractivity contribution in [2.24, 2.45) is 5.11 Å². The number of rotatable bonds is 6. The van der Waals surface area contributed by atoms with E-state index in [2.05, 4.69) is 14.9 Å². The molecule has 0 aromatic heterocycles. The van der Waals surface area contributed by atoms with Gasteiger partial charge in [0.15, 0.2) is 0 Å². The second-order valence-electron chi connectivity index (χ2n) is 5.25. The van der Waals surface area contributed by atoms with Crippen LogP contribution in [0.2, 0.25) is 0 Å². The van der Waals surface area contributed by atoms with Crippen LogP contribution < -0.4 is 4.90 Å². The van der Waals surface area contributed by atoms with Gasteiger partial charge < -0.3 is 10.0 Å². The van der Waals surface area contributed by atoms with Gasteiger partial charge >= 0.3 is 0 Å². The Morgan fingerprint density at radius 3 is 2.00 bits per heavy atom. The Morgan fingerprint density at radius 2 is 1.55 bits per heavy atom. The van der Waals surface area contributed by atoms with Crippen LogP contribution in [-0.2, 0) is 0 Å². The number of azide groups is 1. The monoisotopic (exact) mass is 296 g/mol. The molecule has 2 aromatic rings. The molecule has 0 aliphatic heterocycles. The second-order valence-corrected chi connectivity index (χ2v) is 5.25. The van der Waals surface area contributed by atoms with E-state index in [1.165, 1.54) is 0 Å². The third-order valence-electron chi connectivity index (χ3n) is 3.56. The van der Waals surface area contributed by atoms with Crippen molar-refractivity contribution in [3.8, 4) is 0 Å². The number of benzene rings is 2. The molecule has 0 fully saturated rings. The maximum absolute atomic E-state index is 10.1. The Kier molecular flexibility index (Phi) is 5.42. The quantitative estimate of drug-likeness (QED) is 0.495. The summed E-state index contributed by atoms with van der Waals surface area (Å²) in [6, 6.07) is 16.1. The molecule has 0 saturated heterocycles. The zero-order chi connectivity index (χ0) is 15.9. The first-order valence-electron chi connectivity index (χ1n) is 7.21. The molecular formula is C17H20N4O. The van der Waals surface area contributed by atoms with E-state index in [0.29, 0.717) is 6.54 Å². The summed E-state index contributed by atoms with van der Waals surface area (Å²) in [5, 5.41) is 13.6. The number of para-hydroxylation sites is 2. The summed E-state index contributed by atoms with van der Waals surface area (Å²) in [5.74, 6) is 0. The molecule has 2 rings (SSSR count). The molecule has 5 nitrogen and oxygen atoms in total. The first-order chi connectivity index (χ1) is 10.6. The zero-order valence-electron chi connectivity index (χ0n) is 12.8. The fraction of sp³-hybridized carbons (Fsp3) is 0.294.